The van der Waals surface area contributed by atoms with Gasteiger partial charge in [-0.3, -0.25) is 14.6 Å². The van der Waals surface area contributed by atoms with Crippen molar-refractivity contribution in [2.45, 2.75) is 18.8 Å². The normalized spacial score (nSPS) is 30.4. The highest BCUT2D eigenvalue weighted by Crippen LogP contribution is 2.39. The van der Waals surface area contributed by atoms with Gasteiger partial charge in [0, 0.05) is 18.9 Å². The Bertz CT molecular complexity index is 558. The summed E-state index contributed by atoms with van der Waals surface area (Å²) < 4.78 is 5.47. The molecule has 0 aromatic carbocycles. The van der Waals surface area contributed by atoms with Crippen LogP contribution in [0.4, 0.5) is 0 Å². The number of carboxylic acids is 1. The van der Waals surface area contributed by atoms with Gasteiger partial charge in [-0.15, -0.1) is 0 Å². The molecule has 4 atom stereocenters. The second-order valence-electron chi connectivity index (χ2n) is 4.91. The monoisotopic (exact) mass is 274 g/mol. The maximum atomic E-state index is 12.2. The van der Waals surface area contributed by atoms with Crippen molar-refractivity contribution < 1.29 is 19.4 Å². The topological polar surface area (TPSA) is 88.5 Å². The molecule has 104 valence electrons. The van der Waals surface area contributed by atoms with Gasteiger partial charge in [0.2, 0.25) is 5.91 Å². The number of amides is 1. The third-order valence-corrected chi connectivity index (χ3v) is 3.70. The predicted octanol–water partition coefficient (Wildman–Crippen LogP) is 0.352. The zero-order chi connectivity index (χ0) is 14.1. The maximum Gasteiger partial charge on any atom is 0.310 e. The van der Waals surface area contributed by atoms with E-state index in [1.807, 2.05) is 0 Å². The van der Waals surface area contributed by atoms with Gasteiger partial charge in [-0.05, 0) is 17.7 Å². The van der Waals surface area contributed by atoms with E-state index in [9.17, 15) is 14.7 Å². The molecule has 3 rings (SSSR count). The fourth-order valence-corrected chi connectivity index (χ4v) is 2.72. The minimum absolute atomic E-state index is 0.286. The molecule has 6 nitrogen and oxygen atoms in total. The van der Waals surface area contributed by atoms with Crippen LogP contribution in [0.15, 0.2) is 36.7 Å². The number of rotatable bonds is 4. The zero-order valence-electron chi connectivity index (χ0n) is 10.6. The molecule has 2 bridgehead atoms. The number of carbonyl (C=O) groups excluding carboxylic acids is 1. The van der Waals surface area contributed by atoms with Gasteiger partial charge < -0.3 is 15.2 Å². The van der Waals surface area contributed by atoms with E-state index in [1.54, 1.807) is 36.7 Å². The second kappa shape index (κ2) is 5.05. The summed E-state index contributed by atoms with van der Waals surface area (Å²) in [6, 6.07) is 3.60. The van der Waals surface area contributed by atoms with Crippen molar-refractivity contribution >= 4 is 11.9 Å². The van der Waals surface area contributed by atoms with Gasteiger partial charge in [-0.25, -0.2) is 0 Å². The minimum atomic E-state index is -0.995. The summed E-state index contributed by atoms with van der Waals surface area (Å²) in [6.07, 6.45) is 5.85. The molecule has 0 aliphatic carbocycles. The van der Waals surface area contributed by atoms with E-state index in [-0.39, 0.29) is 5.91 Å². The number of hydrogen-bond donors (Lipinski definition) is 2. The van der Waals surface area contributed by atoms with Crippen LogP contribution in [0.25, 0.3) is 0 Å². The molecule has 1 fully saturated rings. The van der Waals surface area contributed by atoms with Gasteiger partial charge >= 0.3 is 5.97 Å². The molecule has 1 amide bonds. The predicted molar refractivity (Wildman–Crippen MR) is 68.5 cm³/mol. The third-order valence-electron chi connectivity index (χ3n) is 3.70. The Morgan fingerprint density at radius 2 is 1.85 bits per heavy atom. The Kier molecular flexibility index (Phi) is 3.23. The van der Waals surface area contributed by atoms with Crippen LogP contribution in [0.1, 0.15) is 5.56 Å². The Hall–Kier alpha value is -2.21. The fraction of sp³-hybridized carbons (Fsp3) is 0.357. The number of carbonyl (C=O) groups is 2. The maximum absolute atomic E-state index is 12.2. The summed E-state index contributed by atoms with van der Waals surface area (Å²) in [5.41, 5.74) is 0.917. The first-order chi connectivity index (χ1) is 9.66. The van der Waals surface area contributed by atoms with Gasteiger partial charge in [-0.2, -0.15) is 0 Å². The van der Waals surface area contributed by atoms with Gasteiger partial charge in [0.1, 0.15) is 5.92 Å². The quantitative estimate of drug-likeness (QED) is 0.773. The largest absolute Gasteiger partial charge is 0.481 e. The third kappa shape index (κ3) is 2.18. The molecule has 3 heterocycles. The first-order valence-corrected chi connectivity index (χ1v) is 6.40. The van der Waals surface area contributed by atoms with Crippen LogP contribution < -0.4 is 5.32 Å². The van der Waals surface area contributed by atoms with Crippen LogP contribution in [0, 0.1) is 11.8 Å². The van der Waals surface area contributed by atoms with E-state index >= 15 is 0 Å². The lowest BCUT2D eigenvalue weighted by molar-refractivity contribution is -0.146. The Balaban J connectivity index is 1.68. The molecule has 2 aliphatic rings. The van der Waals surface area contributed by atoms with Crippen molar-refractivity contribution in [3.63, 3.8) is 0 Å². The summed E-state index contributed by atoms with van der Waals surface area (Å²) in [5, 5.41) is 12.0. The van der Waals surface area contributed by atoms with E-state index in [4.69, 9.17) is 4.74 Å². The smallest absolute Gasteiger partial charge is 0.310 e. The zero-order valence-corrected chi connectivity index (χ0v) is 10.6. The molecule has 0 unspecified atom stereocenters. The highest BCUT2D eigenvalue weighted by Gasteiger charge is 2.53. The molecule has 2 N–H and O–H groups in total. The number of nitrogens with zero attached hydrogens (tertiary/aromatic N) is 1. The lowest BCUT2D eigenvalue weighted by Gasteiger charge is -2.20. The minimum Gasteiger partial charge on any atom is -0.481 e. The van der Waals surface area contributed by atoms with Crippen molar-refractivity contribution in [3.8, 4) is 0 Å². The first-order valence-electron chi connectivity index (χ1n) is 6.40. The van der Waals surface area contributed by atoms with E-state index in [0.717, 1.165) is 5.56 Å². The summed E-state index contributed by atoms with van der Waals surface area (Å²) in [4.78, 5) is 27.4. The average molecular weight is 274 g/mol. The summed E-state index contributed by atoms with van der Waals surface area (Å²) in [6.45, 7) is 0.352. The number of carboxylic acid groups (broad SMARTS) is 1. The molecule has 20 heavy (non-hydrogen) atoms. The van der Waals surface area contributed by atoms with E-state index in [2.05, 4.69) is 10.3 Å². The Labute approximate surface area is 115 Å². The van der Waals surface area contributed by atoms with Gasteiger partial charge in [0.15, 0.2) is 0 Å². The van der Waals surface area contributed by atoms with Gasteiger partial charge in [-0.1, -0.05) is 12.2 Å². The van der Waals surface area contributed by atoms with Crippen LogP contribution in [0.2, 0.25) is 0 Å². The van der Waals surface area contributed by atoms with Crippen molar-refractivity contribution in [2.75, 3.05) is 0 Å². The number of fused-ring (bicyclic) bond motifs is 2. The lowest BCUT2D eigenvalue weighted by atomic mass is 9.82. The number of pyridine rings is 1. The van der Waals surface area contributed by atoms with Gasteiger partial charge in [0.05, 0.1) is 18.1 Å². The highest BCUT2D eigenvalue weighted by atomic mass is 16.5. The van der Waals surface area contributed by atoms with E-state index in [0.29, 0.717) is 6.54 Å². The number of aliphatic carboxylic acids is 1. The first kappa shape index (κ1) is 12.8. The molecule has 1 aromatic rings. The van der Waals surface area contributed by atoms with E-state index < -0.39 is 30.0 Å². The van der Waals surface area contributed by atoms with Crippen LogP contribution in [-0.2, 0) is 20.9 Å². The molecule has 1 saturated heterocycles. The molecular formula is C14H14N2O4. The fourth-order valence-electron chi connectivity index (χ4n) is 2.72. The molecule has 0 saturated carbocycles. The van der Waals surface area contributed by atoms with Gasteiger partial charge in [0.25, 0.3) is 0 Å². The number of nitrogens with one attached hydrogen (secondary N) is 1. The molecule has 0 radical (unpaired) electrons. The average Bonchev–Trinajstić information content (AvgIpc) is 3.06. The number of aromatic nitrogens is 1. The van der Waals surface area contributed by atoms with Crippen LogP contribution in [0.3, 0.4) is 0 Å². The molecule has 0 spiro atoms. The second-order valence-corrected chi connectivity index (χ2v) is 4.91. The number of hydrogen-bond acceptors (Lipinski definition) is 4. The molecule has 6 heteroatoms. The molecule has 1 aromatic heterocycles. The molecular weight excluding hydrogens is 260 g/mol. The van der Waals surface area contributed by atoms with Crippen molar-refractivity contribution in [1.29, 1.82) is 0 Å². The summed E-state index contributed by atoms with van der Waals surface area (Å²) in [7, 11) is 0. The lowest BCUT2D eigenvalue weighted by Crippen LogP contribution is -2.42. The van der Waals surface area contributed by atoms with Crippen LogP contribution in [0.5, 0.6) is 0 Å². The summed E-state index contributed by atoms with van der Waals surface area (Å²) >= 11 is 0. The Morgan fingerprint density at radius 1 is 1.20 bits per heavy atom. The highest BCUT2D eigenvalue weighted by molar-refractivity contribution is 5.87. The number of ether oxygens (including phenoxy) is 1. The van der Waals surface area contributed by atoms with Crippen molar-refractivity contribution in [3.05, 3.63) is 42.2 Å². The van der Waals surface area contributed by atoms with E-state index in [1.165, 1.54) is 0 Å². The summed E-state index contributed by atoms with van der Waals surface area (Å²) in [5.74, 6) is -2.75. The standard InChI is InChI=1S/C14H14N2O4/c17-13(16-7-8-3-5-15-6-4-8)11-9-1-2-10(20-9)12(11)14(18)19/h1-6,9-12H,7H2,(H,16,17)(H,18,19)/t9-,10-,11+,12+/m1/s1. The van der Waals surface area contributed by atoms with Crippen molar-refractivity contribution in [2.24, 2.45) is 11.8 Å². The SMILES string of the molecule is O=C(O)[C@@H]1[C@@H](C(=O)NCc2ccncc2)[C@H]2C=C[C@H]1O2. The van der Waals surface area contributed by atoms with Crippen LogP contribution in [-0.4, -0.2) is 34.2 Å². The Morgan fingerprint density at radius 3 is 2.50 bits per heavy atom. The van der Waals surface area contributed by atoms with Crippen molar-refractivity contribution in [1.82, 2.24) is 10.3 Å². The van der Waals surface area contributed by atoms with Crippen LogP contribution >= 0.6 is 0 Å². The molecule has 2 aliphatic heterocycles.